The third kappa shape index (κ3) is 1.57. The molecule has 2 bridgehead atoms. The van der Waals surface area contributed by atoms with Crippen LogP contribution in [0.5, 0.6) is 0 Å². The lowest BCUT2D eigenvalue weighted by Crippen LogP contribution is -2.71. The molecule has 0 amide bonds. The van der Waals surface area contributed by atoms with Crippen LogP contribution in [0.2, 0.25) is 0 Å². The highest BCUT2D eigenvalue weighted by Crippen LogP contribution is 2.71. The van der Waals surface area contributed by atoms with Gasteiger partial charge in [0.05, 0.1) is 30.8 Å². The van der Waals surface area contributed by atoms with Crippen molar-refractivity contribution in [3.8, 4) is 0 Å². The first-order valence-corrected chi connectivity index (χ1v) is 8.22. The van der Waals surface area contributed by atoms with Crippen molar-refractivity contribution < 1.29 is 34.0 Å². The third-order valence-corrected chi connectivity index (χ3v) is 6.69. The molecule has 2 heterocycles. The van der Waals surface area contributed by atoms with Gasteiger partial charge in [-0.25, -0.2) is 0 Å². The molecule has 24 heavy (non-hydrogen) atoms. The molecule has 2 aliphatic carbocycles. The second kappa shape index (κ2) is 4.66. The number of rotatable bonds is 2. The first-order chi connectivity index (χ1) is 11.2. The van der Waals surface area contributed by atoms with Crippen molar-refractivity contribution in [3.05, 3.63) is 11.6 Å². The van der Waals surface area contributed by atoms with Crippen molar-refractivity contribution in [3.63, 3.8) is 0 Å². The molecule has 1 unspecified atom stereocenters. The number of carbonyl (C=O) groups excluding carboxylic acids is 2. The number of aliphatic hydroxyl groups excluding tert-OH is 2. The largest absolute Gasteiger partial charge is 0.453 e. The van der Waals surface area contributed by atoms with Gasteiger partial charge < -0.3 is 24.4 Å². The summed E-state index contributed by atoms with van der Waals surface area (Å²) in [6.07, 6.45) is -1.07. The van der Waals surface area contributed by atoms with E-state index in [1.807, 2.05) is 6.92 Å². The van der Waals surface area contributed by atoms with Gasteiger partial charge in [-0.1, -0.05) is 6.92 Å². The van der Waals surface area contributed by atoms with Gasteiger partial charge in [-0.05, 0) is 25.0 Å². The number of aliphatic hydroxyl groups is 2. The van der Waals surface area contributed by atoms with Gasteiger partial charge in [0.2, 0.25) is 0 Å². The predicted molar refractivity (Wildman–Crippen MR) is 79.9 cm³/mol. The molecule has 7 heteroatoms. The van der Waals surface area contributed by atoms with E-state index in [1.54, 1.807) is 13.0 Å². The second-order valence-corrected chi connectivity index (χ2v) is 7.66. The molecule has 0 aromatic carbocycles. The Hall–Kier alpha value is -1.28. The SMILES string of the molecule is CC(=O)O[C@@H]1C(=O)C(C)=C[C@H]2O[C@@H]3[C@H](O)C[C@@](C)(C34CO4)[C@@]12CO. The zero-order valence-corrected chi connectivity index (χ0v) is 13.9. The van der Waals surface area contributed by atoms with Crippen molar-refractivity contribution >= 4 is 11.8 Å². The number of hydrogen-bond acceptors (Lipinski definition) is 7. The standard InChI is InChI=1S/C17H22O7/c1-8-4-11-16(6-18,14(12(8)21)23-9(2)19)15(3)5-10(20)13(24-11)17(15)7-22-17/h4,10-11,13-14,18,20H,5-7H2,1-3H3/t10-,11-,13-,14-,15-,16-,17?/m1/s1. The van der Waals surface area contributed by atoms with E-state index in [9.17, 15) is 19.8 Å². The fourth-order valence-electron chi connectivity index (χ4n) is 5.31. The van der Waals surface area contributed by atoms with Crippen LogP contribution in [0.15, 0.2) is 11.6 Å². The van der Waals surface area contributed by atoms with Crippen molar-refractivity contribution in [2.45, 2.75) is 57.2 Å². The minimum Gasteiger partial charge on any atom is -0.453 e. The summed E-state index contributed by atoms with van der Waals surface area (Å²) in [5.74, 6) is -0.930. The average Bonchev–Trinajstić information content (AvgIpc) is 3.27. The van der Waals surface area contributed by atoms with Crippen LogP contribution in [0.25, 0.3) is 0 Å². The molecule has 2 N–H and O–H groups in total. The molecule has 1 spiro atoms. The van der Waals surface area contributed by atoms with Crippen molar-refractivity contribution in [1.82, 2.24) is 0 Å². The van der Waals surface area contributed by atoms with E-state index in [0.29, 0.717) is 18.6 Å². The van der Waals surface area contributed by atoms with Crippen LogP contribution in [-0.4, -0.2) is 65.2 Å². The van der Waals surface area contributed by atoms with Crippen molar-refractivity contribution in [1.29, 1.82) is 0 Å². The first kappa shape index (κ1) is 16.2. The van der Waals surface area contributed by atoms with E-state index in [4.69, 9.17) is 14.2 Å². The Morgan fingerprint density at radius 3 is 2.71 bits per heavy atom. The summed E-state index contributed by atoms with van der Waals surface area (Å²) in [5.41, 5.74) is -2.25. The van der Waals surface area contributed by atoms with Gasteiger partial charge in [-0.2, -0.15) is 0 Å². The summed E-state index contributed by atoms with van der Waals surface area (Å²) in [6, 6.07) is 0. The summed E-state index contributed by atoms with van der Waals surface area (Å²) in [6.45, 7) is 4.76. The van der Waals surface area contributed by atoms with Gasteiger partial charge in [0.25, 0.3) is 0 Å². The Balaban J connectivity index is 1.93. The average molecular weight is 338 g/mol. The Bertz CT molecular complexity index is 651. The van der Waals surface area contributed by atoms with Gasteiger partial charge >= 0.3 is 5.97 Å². The van der Waals surface area contributed by atoms with Gasteiger partial charge in [-0.15, -0.1) is 0 Å². The van der Waals surface area contributed by atoms with Crippen LogP contribution in [-0.2, 0) is 23.8 Å². The molecule has 0 radical (unpaired) electrons. The fourth-order valence-corrected chi connectivity index (χ4v) is 5.31. The lowest BCUT2D eigenvalue weighted by molar-refractivity contribution is -0.248. The van der Waals surface area contributed by atoms with Crippen LogP contribution in [0, 0.1) is 10.8 Å². The smallest absolute Gasteiger partial charge is 0.303 e. The molecule has 132 valence electrons. The Morgan fingerprint density at radius 2 is 2.17 bits per heavy atom. The highest BCUT2D eigenvalue weighted by atomic mass is 16.6. The van der Waals surface area contributed by atoms with Crippen LogP contribution in [0.3, 0.4) is 0 Å². The van der Waals surface area contributed by atoms with Gasteiger partial charge in [0.15, 0.2) is 11.9 Å². The third-order valence-electron chi connectivity index (χ3n) is 6.69. The number of esters is 1. The van der Waals surface area contributed by atoms with Crippen LogP contribution >= 0.6 is 0 Å². The number of fused-ring (bicyclic) bond motifs is 2. The number of epoxide rings is 1. The molecule has 1 saturated carbocycles. The van der Waals surface area contributed by atoms with E-state index >= 15 is 0 Å². The Labute approximate surface area is 139 Å². The summed E-state index contributed by atoms with van der Waals surface area (Å²) in [5, 5.41) is 20.9. The molecular formula is C17H22O7. The van der Waals surface area contributed by atoms with Crippen LogP contribution in [0.4, 0.5) is 0 Å². The molecule has 0 aromatic heterocycles. The van der Waals surface area contributed by atoms with E-state index in [0.717, 1.165) is 0 Å². The van der Waals surface area contributed by atoms with E-state index in [1.165, 1.54) is 6.92 Å². The second-order valence-electron chi connectivity index (χ2n) is 7.66. The zero-order chi connectivity index (χ0) is 17.5. The molecular weight excluding hydrogens is 316 g/mol. The normalized spacial score (nSPS) is 52.0. The highest BCUT2D eigenvalue weighted by Gasteiger charge is 2.83. The minimum atomic E-state index is -1.18. The van der Waals surface area contributed by atoms with E-state index < -0.39 is 53.4 Å². The van der Waals surface area contributed by atoms with Crippen LogP contribution in [0.1, 0.15) is 27.2 Å². The van der Waals surface area contributed by atoms with Crippen molar-refractivity contribution in [2.75, 3.05) is 13.2 Å². The molecule has 7 nitrogen and oxygen atoms in total. The zero-order valence-electron chi connectivity index (χ0n) is 13.9. The summed E-state index contributed by atoms with van der Waals surface area (Å²) < 4.78 is 17.2. The van der Waals surface area contributed by atoms with Crippen LogP contribution < -0.4 is 0 Å². The van der Waals surface area contributed by atoms with Crippen molar-refractivity contribution in [2.24, 2.45) is 10.8 Å². The number of hydrogen-bond donors (Lipinski definition) is 2. The lowest BCUT2D eigenvalue weighted by atomic mass is 9.50. The number of ether oxygens (including phenoxy) is 3. The summed E-state index contributed by atoms with van der Waals surface area (Å²) in [4.78, 5) is 24.4. The minimum absolute atomic E-state index is 0.312. The molecule has 2 aliphatic heterocycles. The number of carbonyl (C=O) groups is 2. The maximum atomic E-state index is 12.8. The maximum absolute atomic E-state index is 12.8. The molecule has 2 saturated heterocycles. The van der Waals surface area contributed by atoms with E-state index in [2.05, 4.69) is 0 Å². The molecule has 3 fully saturated rings. The summed E-state index contributed by atoms with van der Waals surface area (Å²) in [7, 11) is 0. The van der Waals surface area contributed by atoms with Gasteiger partial charge in [-0.3, -0.25) is 9.59 Å². The molecule has 0 aromatic rings. The van der Waals surface area contributed by atoms with E-state index in [-0.39, 0.29) is 5.78 Å². The van der Waals surface area contributed by atoms with Gasteiger partial charge in [0, 0.05) is 12.3 Å². The summed E-state index contributed by atoms with van der Waals surface area (Å²) >= 11 is 0. The Morgan fingerprint density at radius 1 is 1.50 bits per heavy atom. The van der Waals surface area contributed by atoms with Gasteiger partial charge in [0.1, 0.15) is 11.7 Å². The quantitative estimate of drug-likeness (QED) is 0.527. The number of Topliss-reactive ketones (excluding diaryl/α,β-unsaturated/α-hetero) is 1. The molecule has 4 rings (SSSR count). The highest BCUT2D eigenvalue weighted by molar-refractivity contribution is 6.01. The topological polar surface area (TPSA) is 106 Å². The maximum Gasteiger partial charge on any atom is 0.303 e. The molecule has 7 atom stereocenters. The lowest BCUT2D eigenvalue weighted by Gasteiger charge is -2.58. The number of ketones is 1. The monoisotopic (exact) mass is 338 g/mol. The Kier molecular flexibility index (Phi) is 3.15. The molecule has 4 aliphatic rings. The fraction of sp³-hybridized carbons (Fsp3) is 0.765. The first-order valence-electron chi connectivity index (χ1n) is 8.22. The predicted octanol–water partition coefficient (Wildman–Crippen LogP) is -0.267.